The average molecular weight is 397 g/mol. The highest BCUT2D eigenvalue weighted by Gasteiger charge is 2.36. The van der Waals surface area contributed by atoms with Gasteiger partial charge in [-0.15, -0.1) is 17.9 Å². The maximum Gasteiger partial charge on any atom is 0.417 e. The van der Waals surface area contributed by atoms with Crippen LogP contribution in [0.25, 0.3) is 10.6 Å². The Labute approximate surface area is 156 Å². The first-order valence-corrected chi connectivity index (χ1v) is 9.15. The van der Waals surface area contributed by atoms with Crippen LogP contribution in [0.15, 0.2) is 41.3 Å². The molecule has 1 amide bonds. The first-order chi connectivity index (χ1) is 12.3. The van der Waals surface area contributed by atoms with Crippen LogP contribution < -0.4 is 5.32 Å². The number of rotatable bonds is 6. The molecule has 1 atom stereocenters. The van der Waals surface area contributed by atoms with Crippen LogP contribution >= 0.6 is 23.1 Å². The van der Waals surface area contributed by atoms with E-state index in [9.17, 15) is 23.2 Å². The molecule has 2 aromatic heterocycles. The lowest BCUT2D eigenvalue weighted by Crippen LogP contribution is -2.31. The molecule has 0 saturated heterocycles. The molecule has 2 heterocycles. The zero-order valence-corrected chi connectivity index (χ0v) is 15.3. The van der Waals surface area contributed by atoms with Gasteiger partial charge in [0.25, 0.3) is 0 Å². The van der Waals surface area contributed by atoms with Crippen molar-refractivity contribution in [3.8, 4) is 16.6 Å². The van der Waals surface area contributed by atoms with Gasteiger partial charge in [-0.1, -0.05) is 23.9 Å². The molecule has 26 heavy (non-hydrogen) atoms. The van der Waals surface area contributed by atoms with E-state index in [0.717, 1.165) is 17.8 Å². The quantitative estimate of drug-likeness (QED) is 0.576. The summed E-state index contributed by atoms with van der Waals surface area (Å²) in [5.41, 5.74) is -1.52. The fraction of sp³-hybridized carbons (Fsp3) is 0.235. The summed E-state index contributed by atoms with van der Waals surface area (Å²) in [5.74, 6) is -0.379. The Morgan fingerprint density at radius 3 is 2.85 bits per heavy atom. The van der Waals surface area contributed by atoms with Gasteiger partial charge in [0.2, 0.25) is 5.91 Å². The molecule has 0 aliphatic heterocycles. The van der Waals surface area contributed by atoms with Gasteiger partial charge >= 0.3 is 6.18 Å². The summed E-state index contributed by atoms with van der Waals surface area (Å²) in [4.78, 5) is 16.8. The summed E-state index contributed by atoms with van der Waals surface area (Å²) < 4.78 is 40.3. The standard InChI is InChI=1S/C17H14F3N3OS2/c1-3-6-22-15(24)10(2)26-16-11(9-21)12(17(18,19)20)8-13(23-16)14-5-4-7-25-14/h3-5,7-8,10H,1,6H2,2H3,(H,22,24)/t10-/m0/s1. The third-order valence-electron chi connectivity index (χ3n) is 3.26. The molecule has 9 heteroatoms. The predicted octanol–water partition coefficient (Wildman–Crippen LogP) is 4.48. The van der Waals surface area contributed by atoms with E-state index in [-0.39, 0.29) is 23.2 Å². The lowest BCUT2D eigenvalue weighted by Gasteiger charge is -2.16. The number of nitrogens with zero attached hydrogens (tertiary/aromatic N) is 2. The number of alkyl halides is 3. The van der Waals surface area contributed by atoms with E-state index in [1.807, 2.05) is 0 Å². The van der Waals surface area contributed by atoms with Crippen molar-refractivity contribution in [3.05, 3.63) is 47.4 Å². The molecule has 0 aromatic carbocycles. The van der Waals surface area contributed by atoms with Crippen molar-refractivity contribution in [2.75, 3.05) is 6.54 Å². The molecule has 0 saturated carbocycles. The lowest BCUT2D eigenvalue weighted by atomic mass is 10.1. The second-order valence-electron chi connectivity index (χ2n) is 5.12. The Kier molecular flexibility index (Phi) is 6.45. The molecular weight excluding hydrogens is 383 g/mol. The Balaban J connectivity index is 2.49. The van der Waals surface area contributed by atoms with Crippen LogP contribution in [0.1, 0.15) is 18.1 Å². The van der Waals surface area contributed by atoms with Crippen LogP contribution in [0.4, 0.5) is 13.2 Å². The molecule has 4 nitrogen and oxygen atoms in total. The molecule has 0 unspecified atom stereocenters. The Bertz CT molecular complexity index is 842. The van der Waals surface area contributed by atoms with Gasteiger partial charge in [0.15, 0.2) is 0 Å². The van der Waals surface area contributed by atoms with E-state index >= 15 is 0 Å². The van der Waals surface area contributed by atoms with Gasteiger partial charge in [-0.05, 0) is 24.4 Å². The van der Waals surface area contributed by atoms with Crippen molar-refractivity contribution in [1.29, 1.82) is 5.26 Å². The van der Waals surface area contributed by atoms with Gasteiger partial charge in [-0.3, -0.25) is 4.79 Å². The zero-order chi connectivity index (χ0) is 19.3. The van der Waals surface area contributed by atoms with Crippen LogP contribution in [0, 0.1) is 11.3 Å². The monoisotopic (exact) mass is 397 g/mol. The number of halogens is 3. The fourth-order valence-corrected chi connectivity index (χ4v) is 3.66. The van der Waals surface area contributed by atoms with Crippen LogP contribution in [0.2, 0.25) is 0 Å². The van der Waals surface area contributed by atoms with Crippen molar-refractivity contribution in [3.63, 3.8) is 0 Å². The summed E-state index contributed by atoms with van der Waals surface area (Å²) in [6, 6.07) is 5.80. The van der Waals surface area contributed by atoms with Gasteiger partial charge in [-0.25, -0.2) is 4.98 Å². The summed E-state index contributed by atoms with van der Waals surface area (Å²) in [5, 5.41) is 12.7. The molecule has 136 valence electrons. The van der Waals surface area contributed by atoms with Crippen LogP contribution in [-0.4, -0.2) is 22.7 Å². The highest BCUT2D eigenvalue weighted by atomic mass is 32.2. The number of hydrogen-bond donors (Lipinski definition) is 1. The topological polar surface area (TPSA) is 65.8 Å². The molecule has 1 N–H and O–H groups in total. The van der Waals surface area contributed by atoms with Gasteiger partial charge < -0.3 is 5.32 Å². The van der Waals surface area contributed by atoms with Crippen LogP contribution in [0.5, 0.6) is 0 Å². The molecule has 0 bridgehead atoms. The number of hydrogen-bond acceptors (Lipinski definition) is 5. The molecule has 0 radical (unpaired) electrons. The highest BCUT2D eigenvalue weighted by Crippen LogP contribution is 2.39. The largest absolute Gasteiger partial charge is 0.417 e. The van der Waals surface area contributed by atoms with Crippen molar-refractivity contribution >= 4 is 29.0 Å². The van der Waals surface area contributed by atoms with Gasteiger partial charge in [-0.2, -0.15) is 18.4 Å². The number of thiophene rings is 1. The summed E-state index contributed by atoms with van der Waals surface area (Å²) in [7, 11) is 0. The minimum Gasteiger partial charge on any atom is -0.352 e. The third-order valence-corrected chi connectivity index (χ3v) is 5.23. The number of pyridine rings is 1. The molecule has 0 fully saturated rings. The lowest BCUT2D eigenvalue weighted by molar-refractivity contribution is -0.138. The average Bonchev–Trinajstić information content (AvgIpc) is 3.12. The van der Waals surface area contributed by atoms with Crippen LogP contribution in [-0.2, 0) is 11.0 Å². The van der Waals surface area contributed by atoms with Crippen molar-refractivity contribution in [2.24, 2.45) is 0 Å². The number of carbonyl (C=O) groups excluding carboxylic acids is 1. The van der Waals surface area contributed by atoms with E-state index in [1.165, 1.54) is 24.3 Å². The zero-order valence-electron chi connectivity index (χ0n) is 13.6. The second-order valence-corrected chi connectivity index (χ2v) is 7.39. The Hall–Kier alpha value is -2.31. The predicted molar refractivity (Wildman–Crippen MR) is 95.8 cm³/mol. The number of nitrogens with one attached hydrogen (secondary N) is 1. The Morgan fingerprint density at radius 2 is 2.31 bits per heavy atom. The molecule has 2 rings (SSSR count). The van der Waals surface area contributed by atoms with E-state index in [0.29, 0.717) is 4.88 Å². The van der Waals surface area contributed by atoms with Crippen molar-refractivity contribution in [2.45, 2.75) is 23.4 Å². The molecule has 0 aliphatic carbocycles. The van der Waals surface area contributed by atoms with E-state index in [4.69, 9.17) is 0 Å². The van der Waals surface area contributed by atoms with Crippen LogP contribution in [0.3, 0.4) is 0 Å². The van der Waals surface area contributed by atoms with Crippen molar-refractivity contribution < 1.29 is 18.0 Å². The second kappa shape index (κ2) is 8.38. The maximum absolute atomic E-state index is 13.4. The highest BCUT2D eigenvalue weighted by molar-refractivity contribution is 8.00. The SMILES string of the molecule is C=CCNC(=O)[C@H](C)Sc1nc(-c2cccs2)cc(C(F)(F)F)c1C#N. The van der Waals surface area contributed by atoms with E-state index in [2.05, 4.69) is 16.9 Å². The smallest absolute Gasteiger partial charge is 0.352 e. The van der Waals surface area contributed by atoms with E-state index < -0.39 is 22.6 Å². The molecule has 0 spiro atoms. The van der Waals surface area contributed by atoms with Gasteiger partial charge in [0, 0.05) is 6.54 Å². The summed E-state index contributed by atoms with van der Waals surface area (Å²) >= 11 is 2.06. The first-order valence-electron chi connectivity index (χ1n) is 7.39. The molecule has 2 aromatic rings. The van der Waals surface area contributed by atoms with Gasteiger partial charge in [0.1, 0.15) is 11.1 Å². The van der Waals surface area contributed by atoms with Crippen molar-refractivity contribution in [1.82, 2.24) is 10.3 Å². The minimum atomic E-state index is -4.70. The Morgan fingerprint density at radius 1 is 1.58 bits per heavy atom. The van der Waals surface area contributed by atoms with E-state index in [1.54, 1.807) is 23.6 Å². The number of amides is 1. The summed E-state index contributed by atoms with van der Waals surface area (Å²) in [6.07, 6.45) is -3.21. The normalized spacial score (nSPS) is 12.3. The first kappa shape index (κ1) is 20.0. The number of aromatic nitrogens is 1. The minimum absolute atomic E-state index is 0.118. The maximum atomic E-state index is 13.4. The summed E-state index contributed by atoms with van der Waals surface area (Å²) in [6.45, 7) is 5.26. The molecule has 0 aliphatic rings. The number of thioether (sulfide) groups is 1. The molecular formula is C17H14F3N3OS2. The fourth-order valence-electron chi connectivity index (χ4n) is 2.03. The van der Waals surface area contributed by atoms with Gasteiger partial charge in [0.05, 0.1) is 26.9 Å². The number of nitriles is 1. The number of carbonyl (C=O) groups is 1. The third kappa shape index (κ3) is 4.65.